The fourth-order valence-electron chi connectivity index (χ4n) is 1.72. The number of benzene rings is 1. The number of carbonyl (C=O) groups excluding carboxylic acids is 1. The van der Waals surface area contributed by atoms with Gasteiger partial charge in [-0.25, -0.2) is 4.68 Å². The lowest BCUT2D eigenvalue weighted by molar-refractivity contribution is 0.0995. The largest absolute Gasteiger partial charge is 0.364 e. The van der Waals surface area contributed by atoms with Crippen molar-refractivity contribution in [3.63, 3.8) is 0 Å². The van der Waals surface area contributed by atoms with Gasteiger partial charge in [-0.15, -0.1) is 0 Å². The summed E-state index contributed by atoms with van der Waals surface area (Å²) in [6.07, 6.45) is 1.59. The van der Waals surface area contributed by atoms with Crippen LogP contribution in [0.1, 0.15) is 10.5 Å². The molecule has 1 aromatic carbocycles. The molecule has 0 aliphatic heterocycles. The molecule has 0 unspecified atom stereocenters. The smallest absolute Gasteiger partial charge is 0.269 e. The van der Waals surface area contributed by atoms with E-state index in [0.717, 1.165) is 0 Å². The second-order valence-corrected chi connectivity index (χ2v) is 4.27. The summed E-state index contributed by atoms with van der Waals surface area (Å²) in [6.45, 7) is 0. The van der Waals surface area contributed by atoms with E-state index < -0.39 is 5.91 Å². The van der Waals surface area contributed by atoms with Crippen molar-refractivity contribution in [3.05, 3.63) is 53.5 Å². The molecule has 23 heavy (non-hydrogen) atoms. The number of aromatic nitrogens is 2. The van der Waals surface area contributed by atoms with Gasteiger partial charge in [-0.3, -0.25) is 4.79 Å². The van der Waals surface area contributed by atoms with Gasteiger partial charge in [-0.05, 0) is 30.3 Å². The van der Waals surface area contributed by atoms with E-state index in [9.17, 15) is 4.79 Å². The number of primary amides is 1. The lowest BCUT2D eigenvalue weighted by Gasteiger charge is -2.06. The number of nitrogens with zero attached hydrogens (tertiary/aromatic N) is 5. The second-order valence-electron chi connectivity index (χ2n) is 4.27. The number of carbonyl (C=O) groups is 1. The normalized spacial score (nSPS) is 9.09. The Hall–Kier alpha value is -4.09. The highest BCUT2D eigenvalue weighted by atomic mass is 16.1. The maximum absolute atomic E-state index is 11.0. The average Bonchev–Trinajstić information content (AvgIpc) is 3.06. The van der Waals surface area contributed by atoms with Crippen LogP contribution < -0.4 is 11.1 Å². The van der Waals surface area contributed by atoms with Crippen molar-refractivity contribution in [2.24, 2.45) is 5.73 Å². The number of nitrogens with one attached hydrogen (secondary N) is 1. The Morgan fingerprint density at radius 2 is 1.74 bits per heavy atom. The third kappa shape index (κ3) is 3.33. The zero-order valence-corrected chi connectivity index (χ0v) is 11.7. The molecule has 1 amide bonds. The fraction of sp³-hybridized carbons (Fsp3) is 0. The highest BCUT2D eigenvalue weighted by molar-refractivity contribution is 5.90. The quantitative estimate of drug-likeness (QED) is 0.812. The molecule has 0 aliphatic carbocycles. The summed E-state index contributed by atoms with van der Waals surface area (Å²) >= 11 is 0. The molecule has 8 heteroatoms. The molecule has 0 saturated carbocycles. The zero-order valence-electron chi connectivity index (χ0n) is 11.7. The molecule has 110 valence electrons. The number of rotatable bonds is 4. The van der Waals surface area contributed by atoms with Crippen molar-refractivity contribution >= 4 is 11.6 Å². The molecule has 1 heterocycles. The minimum Gasteiger partial charge on any atom is -0.364 e. The van der Waals surface area contributed by atoms with Crippen molar-refractivity contribution in [1.82, 2.24) is 9.78 Å². The highest BCUT2D eigenvalue weighted by Gasteiger charge is 2.08. The zero-order chi connectivity index (χ0) is 16.8. The van der Waals surface area contributed by atoms with Crippen LogP contribution in [-0.4, -0.2) is 15.7 Å². The van der Waals surface area contributed by atoms with E-state index in [4.69, 9.17) is 21.5 Å². The van der Waals surface area contributed by atoms with Crippen LogP contribution in [0.15, 0.2) is 47.8 Å². The molecule has 0 fully saturated rings. The Bertz CT molecular complexity index is 885. The summed E-state index contributed by atoms with van der Waals surface area (Å²) in [5, 5.41) is 33.2. The van der Waals surface area contributed by atoms with Gasteiger partial charge in [0.25, 0.3) is 5.91 Å². The first-order chi connectivity index (χ1) is 11.1. The van der Waals surface area contributed by atoms with E-state index >= 15 is 0 Å². The molecule has 8 nitrogen and oxygen atoms in total. The summed E-state index contributed by atoms with van der Waals surface area (Å²) in [6, 6.07) is 13.2. The number of anilines is 1. The third-order valence-corrected chi connectivity index (χ3v) is 2.83. The summed E-state index contributed by atoms with van der Waals surface area (Å²) in [5.41, 5.74) is 6.06. The molecule has 0 atom stereocenters. The van der Waals surface area contributed by atoms with Crippen LogP contribution >= 0.6 is 0 Å². The summed E-state index contributed by atoms with van der Waals surface area (Å²) < 4.78 is 1.47. The summed E-state index contributed by atoms with van der Waals surface area (Å²) in [4.78, 5) is 11.0. The second kappa shape index (κ2) is 6.57. The molecule has 0 spiro atoms. The molecular formula is C15H9N7O. The number of allylic oxidation sites excluding steroid dienone is 2. The van der Waals surface area contributed by atoms with E-state index in [1.165, 1.54) is 10.7 Å². The molecular weight excluding hydrogens is 294 g/mol. The van der Waals surface area contributed by atoms with Crippen LogP contribution in [0.2, 0.25) is 0 Å². The molecule has 0 aliphatic rings. The van der Waals surface area contributed by atoms with Crippen LogP contribution in [-0.2, 0) is 0 Å². The van der Waals surface area contributed by atoms with Crippen LogP contribution in [0.25, 0.3) is 5.69 Å². The Labute approximate surface area is 131 Å². The summed E-state index contributed by atoms with van der Waals surface area (Å²) in [7, 11) is 0. The van der Waals surface area contributed by atoms with Gasteiger partial charge in [0, 0.05) is 11.9 Å². The number of hydrogen-bond acceptors (Lipinski definition) is 6. The summed E-state index contributed by atoms with van der Waals surface area (Å²) in [5.74, 6) is -0.619. The standard InChI is InChI=1S/C15H9N7O/c16-7-10(8-17)14(9-18)20-11-1-3-12(4-2-11)22-6-5-13(21-22)15(19)23/h1-6,20H,(H2,19,23). The van der Waals surface area contributed by atoms with Crippen molar-refractivity contribution in [2.45, 2.75) is 0 Å². The lowest BCUT2D eigenvalue weighted by atomic mass is 10.2. The number of nitriles is 3. The van der Waals surface area contributed by atoms with Gasteiger partial charge in [0.15, 0.2) is 5.57 Å². The minimum atomic E-state index is -0.619. The Morgan fingerprint density at radius 3 is 2.22 bits per heavy atom. The topological polar surface area (TPSA) is 144 Å². The van der Waals surface area contributed by atoms with Crippen LogP contribution in [0.3, 0.4) is 0 Å². The molecule has 0 bridgehead atoms. The molecule has 3 N–H and O–H groups in total. The van der Waals surface area contributed by atoms with E-state index in [0.29, 0.717) is 11.4 Å². The third-order valence-electron chi connectivity index (χ3n) is 2.83. The van der Waals surface area contributed by atoms with E-state index in [1.54, 1.807) is 48.7 Å². The molecule has 2 aromatic rings. The van der Waals surface area contributed by atoms with Gasteiger partial charge in [0.2, 0.25) is 0 Å². The van der Waals surface area contributed by atoms with Crippen LogP contribution in [0.5, 0.6) is 0 Å². The predicted molar refractivity (Wildman–Crippen MR) is 79.6 cm³/mol. The molecule has 0 saturated heterocycles. The van der Waals surface area contributed by atoms with Gasteiger partial charge < -0.3 is 11.1 Å². The minimum absolute atomic E-state index is 0.127. The number of nitrogens with two attached hydrogens (primary N) is 1. The first-order valence-electron chi connectivity index (χ1n) is 6.26. The van der Waals surface area contributed by atoms with Gasteiger partial charge in [-0.2, -0.15) is 20.9 Å². The van der Waals surface area contributed by atoms with Gasteiger partial charge in [-0.1, -0.05) is 0 Å². The van der Waals surface area contributed by atoms with Crippen LogP contribution in [0, 0.1) is 34.0 Å². The van der Waals surface area contributed by atoms with Crippen molar-refractivity contribution in [1.29, 1.82) is 15.8 Å². The van der Waals surface area contributed by atoms with Crippen molar-refractivity contribution in [2.75, 3.05) is 5.32 Å². The predicted octanol–water partition coefficient (Wildman–Crippen LogP) is 1.21. The van der Waals surface area contributed by atoms with Crippen LogP contribution in [0.4, 0.5) is 5.69 Å². The van der Waals surface area contributed by atoms with E-state index in [-0.39, 0.29) is 17.0 Å². The SMILES string of the molecule is N#CC(C#N)=C(C#N)Nc1ccc(-n2ccc(C(N)=O)n2)cc1. The highest BCUT2D eigenvalue weighted by Crippen LogP contribution is 2.16. The fourth-order valence-corrected chi connectivity index (χ4v) is 1.72. The molecule has 2 rings (SSSR count). The van der Waals surface area contributed by atoms with Gasteiger partial charge >= 0.3 is 0 Å². The average molecular weight is 303 g/mol. The van der Waals surface area contributed by atoms with Crippen molar-refractivity contribution < 1.29 is 4.79 Å². The van der Waals surface area contributed by atoms with Gasteiger partial charge in [0.1, 0.15) is 29.6 Å². The lowest BCUT2D eigenvalue weighted by Crippen LogP contribution is -2.12. The Morgan fingerprint density at radius 1 is 1.09 bits per heavy atom. The first kappa shape index (κ1) is 15.3. The maximum Gasteiger partial charge on any atom is 0.269 e. The number of hydrogen-bond donors (Lipinski definition) is 2. The Balaban J connectivity index is 2.25. The van der Waals surface area contributed by atoms with E-state index in [2.05, 4.69) is 10.4 Å². The van der Waals surface area contributed by atoms with E-state index in [1.807, 2.05) is 0 Å². The monoisotopic (exact) mass is 303 g/mol. The first-order valence-corrected chi connectivity index (χ1v) is 6.26. The Kier molecular flexibility index (Phi) is 4.37. The molecule has 0 radical (unpaired) electrons. The van der Waals surface area contributed by atoms with Crippen molar-refractivity contribution in [3.8, 4) is 23.9 Å². The van der Waals surface area contributed by atoms with Gasteiger partial charge in [0.05, 0.1) is 5.69 Å². The maximum atomic E-state index is 11.0. The number of amides is 1. The molecule has 1 aromatic heterocycles.